The summed E-state index contributed by atoms with van der Waals surface area (Å²) in [5.41, 5.74) is 0.525. The van der Waals surface area contributed by atoms with Crippen molar-refractivity contribution < 1.29 is 14.2 Å². The Morgan fingerprint density at radius 1 is 1.55 bits per heavy atom. The molecule has 1 aromatic rings. The molecule has 1 N–H and O–H groups in total. The number of benzene rings is 1. The Labute approximate surface area is 127 Å². The van der Waals surface area contributed by atoms with E-state index in [-0.39, 0.29) is 18.3 Å². The fourth-order valence-electron chi connectivity index (χ4n) is 2.53. The highest BCUT2D eigenvalue weighted by molar-refractivity contribution is 9.10. The fourth-order valence-corrected chi connectivity index (χ4v) is 2.86. The van der Waals surface area contributed by atoms with E-state index in [1.165, 1.54) is 6.07 Å². The zero-order valence-electron chi connectivity index (χ0n) is 11.7. The number of ether oxygens (including phenoxy) is 1. The molecule has 0 saturated carbocycles. The molecule has 1 aliphatic heterocycles. The minimum Gasteiger partial charge on any atom is -0.390 e. The van der Waals surface area contributed by atoms with E-state index in [4.69, 9.17) is 4.74 Å². The predicted molar refractivity (Wildman–Crippen MR) is 80.3 cm³/mol. The quantitative estimate of drug-likeness (QED) is 0.890. The molecule has 0 radical (unpaired) electrons. The SMILES string of the molecule is CCCN1CCOC(C(O)Cc2ccc(Br)cc2F)C1. The van der Waals surface area contributed by atoms with E-state index >= 15 is 0 Å². The molecule has 0 aliphatic carbocycles. The Kier molecular flexibility index (Phi) is 5.96. The molecular formula is C15H21BrFNO2. The average Bonchev–Trinajstić information content (AvgIpc) is 2.42. The van der Waals surface area contributed by atoms with Crippen LogP contribution in [0, 0.1) is 5.82 Å². The Hall–Kier alpha value is -0.490. The van der Waals surface area contributed by atoms with Gasteiger partial charge in [0.15, 0.2) is 0 Å². The van der Waals surface area contributed by atoms with Gasteiger partial charge in [-0.1, -0.05) is 28.9 Å². The molecular weight excluding hydrogens is 325 g/mol. The molecule has 3 nitrogen and oxygen atoms in total. The molecule has 0 amide bonds. The van der Waals surface area contributed by atoms with Gasteiger partial charge in [-0.2, -0.15) is 0 Å². The van der Waals surface area contributed by atoms with Gasteiger partial charge < -0.3 is 9.84 Å². The molecule has 2 atom stereocenters. The zero-order valence-corrected chi connectivity index (χ0v) is 13.3. The van der Waals surface area contributed by atoms with Crippen molar-refractivity contribution in [2.24, 2.45) is 0 Å². The third-order valence-electron chi connectivity index (χ3n) is 3.59. The first-order chi connectivity index (χ1) is 9.60. The van der Waals surface area contributed by atoms with Gasteiger partial charge in [-0.3, -0.25) is 4.90 Å². The normalized spacial score (nSPS) is 21.9. The lowest BCUT2D eigenvalue weighted by Gasteiger charge is -2.35. The lowest BCUT2D eigenvalue weighted by atomic mass is 10.0. The first kappa shape index (κ1) is 15.9. The summed E-state index contributed by atoms with van der Waals surface area (Å²) in [6, 6.07) is 4.92. The summed E-state index contributed by atoms with van der Waals surface area (Å²) in [5, 5.41) is 10.3. The molecule has 2 rings (SSSR count). The Bertz CT molecular complexity index is 442. The highest BCUT2D eigenvalue weighted by atomic mass is 79.9. The minimum atomic E-state index is -0.676. The summed E-state index contributed by atoms with van der Waals surface area (Å²) in [6.07, 6.45) is 0.456. The Morgan fingerprint density at radius 2 is 2.35 bits per heavy atom. The lowest BCUT2D eigenvalue weighted by molar-refractivity contribution is -0.0879. The van der Waals surface area contributed by atoms with Crippen LogP contribution in [0.15, 0.2) is 22.7 Å². The van der Waals surface area contributed by atoms with E-state index < -0.39 is 6.10 Å². The van der Waals surface area contributed by atoms with Crippen LogP contribution in [0.2, 0.25) is 0 Å². The number of aliphatic hydroxyl groups excluding tert-OH is 1. The lowest BCUT2D eigenvalue weighted by Crippen LogP contribution is -2.48. The van der Waals surface area contributed by atoms with Crippen LogP contribution in [0.1, 0.15) is 18.9 Å². The minimum absolute atomic E-state index is 0.238. The Morgan fingerprint density at radius 3 is 3.05 bits per heavy atom. The van der Waals surface area contributed by atoms with Crippen LogP contribution in [0.3, 0.4) is 0 Å². The second kappa shape index (κ2) is 7.50. The molecule has 0 spiro atoms. The standard InChI is InChI=1S/C15H21BrFNO2/c1-2-5-18-6-7-20-15(10-18)14(19)8-11-3-4-12(16)9-13(11)17/h3-4,9,14-15,19H,2,5-8,10H2,1H3. The third-order valence-corrected chi connectivity index (χ3v) is 4.08. The number of nitrogens with zero attached hydrogens (tertiary/aromatic N) is 1. The summed E-state index contributed by atoms with van der Waals surface area (Å²) in [4.78, 5) is 2.29. The predicted octanol–water partition coefficient (Wildman–Crippen LogP) is 2.60. The van der Waals surface area contributed by atoms with Gasteiger partial charge in [-0.25, -0.2) is 4.39 Å². The van der Waals surface area contributed by atoms with Crippen molar-refractivity contribution >= 4 is 15.9 Å². The van der Waals surface area contributed by atoms with Crippen molar-refractivity contribution in [1.82, 2.24) is 4.90 Å². The van der Waals surface area contributed by atoms with E-state index in [0.717, 1.165) is 19.5 Å². The van der Waals surface area contributed by atoms with Gasteiger partial charge in [0.2, 0.25) is 0 Å². The van der Waals surface area contributed by atoms with Crippen LogP contribution in [0.25, 0.3) is 0 Å². The van der Waals surface area contributed by atoms with Crippen LogP contribution < -0.4 is 0 Å². The summed E-state index contributed by atoms with van der Waals surface area (Å²) >= 11 is 3.23. The molecule has 1 aliphatic rings. The van der Waals surface area contributed by atoms with Crippen molar-refractivity contribution in [2.45, 2.75) is 32.0 Å². The number of rotatable bonds is 5. The Balaban J connectivity index is 1.95. The summed E-state index contributed by atoms with van der Waals surface area (Å²) < 4.78 is 20.1. The maximum atomic E-state index is 13.8. The van der Waals surface area contributed by atoms with Gasteiger partial charge in [-0.15, -0.1) is 0 Å². The monoisotopic (exact) mass is 345 g/mol. The molecule has 5 heteroatoms. The van der Waals surface area contributed by atoms with Crippen molar-refractivity contribution in [2.75, 3.05) is 26.2 Å². The van der Waals surface area contributed by atoms with Crippen LogP contribution in [0.4, 0.5) is 4.39 Å². The van der Waals surface area contributed by atoms with Gasteiger partial charge in [0, 0.05) is 24.0 Å². The number of hydrogen-bond acceptors (Lipinski definition) is 3. The van der Waals surface area contributed by atoms with Gasteiger partial charge >= 0.3 is 0 Å². The van der Waals surface area contributed by atoms with Crippen LogP contribution in [-0.2, 0) is 11.2 Å². The van der Waals surface area contributed by atoms with Gasteiger partial charge in [-0.05, 0) is 30.7 Å². The zero-order chi connectivity index (χ0) is 14.5. The van der Waals surface area contributed by atoms with Crippen molar-refractivity contribution in [3.05, 3.63) is 34.1 Å². The van der Waals surface area contributed by atoms with Crippen molar-refractivity contribution in [1.29, 1.82) is 0 Å². The molecule has 2 unspecified atom stereocenters. The van der Waals surface area contributed by atoms with Crippen LogP contribution in [0.5, 0.6) is 0 Å². The summed E-state index contributed by atoms with van der Waals surface area (Å²) in [5.74, 6) is -0.292. The topological polar surface area (TPSA) is 32.7 Å². The molecule has 0 bridgehead atoms. The highest BCUT2D eigenvalue weighted by Crippen LogP contribution is 2.19. The fraction of sp³-hybridized carbons (Fsp3) is 0.600. The second-order valence-electron chi connectivity index (χ2n) is 5.22. The van der Waals surface area contributed by atoms with E-state index in [0.29, 0.717) is 23.2 Å². The largest absolute Gasteiger partial charge is 0.390 e. The highest BCUT2D eigenvalue weighted by Gasteiger charge is 2.27. The molecule has 1 fully saturated rings. The van der Waals surface area contributed by atoms with Crippen molar-refractivity contribution in [3.8, 4) is 0 Å². The molecule has 1 aromatic carbocycles. The number of morpholine rings is 1. The molecule has 1 heterocycles. The number of hydrogen-bond donors (Lipinski definition) is 1. The maximum Gasteiger partial charge on any atom is 0.127 e. The molecule has 112 valence electrons. The van der Waals surface area contributed by atoms with Crippen LogP contribution in [-0.4, -0.2) is 48.5 Å². The van der Waals surface area contributed by atoms with E-state index in [2.05, 4.69) is 27.8 Å². The van der Waals surface area contributed by atoms with Crippen LogP contribution >= 0.6 is 15.9 Å². The van der Waals surface area contributed by atoms with E-state index in [1.807, 2.05) is 0 Å². The average molecular weight is 346 g/mol. The third kappa shape index (κ3) is 4.25. The molecule has 1 saturated heterocycles. The molecule has 20 heavy (non-hydrogen) atoms. The van der Waals surface area contributed by atoms with Gasteiger partial charge in [0.25, 0.3) is 0 Å². The number of halogens is 2. The van der Waals surface area contributed by atoms with E-state index in [1.54, 1.807) is 12.1 Å². The van der Waals surface area contributed by atoms with Gasteiger partial charge in [0.1, 0.15) is 5.82 Å². The van der Waals surface area contributed by atoms with Gasteiger partial charge in [0.05, 0.1) is 18.8 Å². The summed E-state index contributed by atoms with van der Waals surface area (Å²) in [7, 11) is 0. The van der Waals surface area contributed by atoms with E-state index in [9.17, 15) is 9.50 Å². The first-order valence-corrected chi connectivity index (χ1v) is 7.85. The molecule has 0 aromatic heterocycles. The number of aliphatic hydroxyl groups is 1. The summed E-state index contributed by atoms with van der Waals surface area (Å²) in [6.45, 7) is 5.40. The maximum absolute atomic E-state index is 13.8. The smallest absolute Gasteiger partial charge is 0.127 e. The first-order valence-electron chi connectivity index (χ1n) is 7.06. The van der Waals surface area contributed by atoms with Crippen molar-refractivity contribution in [3.63, 3.8) is 0 Å². The second-order valence-corrected chi connectivity index (χ2v) is 6.13.